The van der Waals surface area contributed by atoms with Gasteiger partial charge in [0, 0.05) is 0 Å². The molecule has 13 heavy (non-hydrogen) atoms. The van der Waals surface area contributed by atoms with Gasteiger partial charge in [0.05, 0.1) is 0 Å². The Morgan fingerprint density at radius 2 is 1.92 bits per heavy atom. The molecule has 1 rings (SSSR count). The molecule has 5 heteroatoms. The fourth-order valence-corrected chi connectivity index (χ4v) is 1.10. The number of alkyl halides is 3. The van der Waals surface area contributed by atoms with Crippen molar-refractivity contribution in [2.45, 2.75) is 6.18 Å². The molecule has 1 N–H and O–H groups in total. The first-order valence-electron chi connectivity index (χ1n) is 3.34. The molecule has 0 amide bonds. The van der Waals surface area contributed by atoms with E-state index in [1.165, 1.54) is 12.1 Å². The van der Waals surface area contributed by atoms with E-state index in [-0.39, 0.29) is 10.2 Å². The summed E-state index contributed by atoms with van der Waals surface area (Å²) in [5.41, 5.74) is -0.486. The van der Waals surface area contributed by atoms with Crippen LogP contribution in [0.3, 0.4) is 0 Å². The Bertz CT molecular complexity index is 332. The molecule has 0 spiro atoms. The molecule has 0 saturated carbocycles. The fraction of sp³-hybridized carbons (Fsp3) is 0.125. The van der Waals surface area contributed by atoms with E-state index in [2.05, 4.69) is 16.0 Å². The monoisotopic (exact) mass is 252 g/mol. The summed E-state index contributed by atoms with van der Waals surface area (Å²) in [6, 6.07) is 4.66. The predicted molar refractivity (Wildman–Crippen MR) is 44.0 cm³/mol. The van der Waals surface area contributed by atoms with Crippen LogP contribution >= 0.6 is 0 Å². The van der Waals surface area contributed by atoms with Crippen molar-refractivity contribution in [1.82, 2.24) is 0 Å². The Labute approximate surface area is 81.3 Å². The van der Waals surface area contributed by atoms with Crippen LogP contribution in [0.4, 0.5) is 13.2 Å². The number of hydrogen-bond acceptors (Lipinski definition) is 1. The Morgan fingerprint density at radius 1 is 1.31 bits per heavy atom. The maximum absolute atomic E-state index is 12.2. The van der Waals surface area contributed by atoms with Crippen molar-refractivity contribution >= 4 is 20.6 Å². The first-order chi connectivity index (χ1) is 5.91. The summed E-state index contributed by atoms with van der Waals surface area (Å²) >= 11 is 2.35. The van der Waals surface area contributed by atoms with Crippen molar-refractivity contribution < 1.29 is 13.2 Å². The summed E-state index contributed by atoms with van der Waals surface area (Å²) in [4.78, 5) is 0. The standard InChI is InChI=1S/C8H5F3NSe/c9-8(10,11)6-3-1-2-5(4-6)7(12)13/h1-4,12H. The van der Waals surface area contributed by atoms with Crippen LogP contribution in [0.2, 0.25) is 0 Å². The molecule has 1 aromatic carbocycles. The second-order valence-electron chi connectivity index (χ2n) is 2.41. The van der Waals surface area contributed by atoms with Gasteiger partial charge in [-0.25, -0.2) is 0 Å². The molecule has 0 unspecified atom stereocenters. The van der Waals surface area contributed by atoms with Crippen molar-refractivity contribution in [2.24, 2.45) is 0 Å². The van der Waals surface area contributed by atoms with E-state index >= 15 is 0 Å². The Balaban J connectivity index is 3.13. The molecule has 69 valence electrons. The summed E-state index contributed by atoms with van der Waals surface area (Å²) in [5, 5.41) is 7.11. The Kier molecular flexibility index (Phi) is 2.78. The molecule has 0 aliphatic heterocycles. The molecule has 0 fully saturated rings. The normalized spacial score (nSPS) is 11.3. The Hall–Kier alpha value is -0.801. The quantitative estimate of drug-likeness (QED) is 0.584. The number of rotatable bonds is 1. The predicted octanol–water partition coefficient (Wildman–Crippen LogP) is 2.20. The van der Waals surface area contributed by atoms with Crippen molar-refractivity contribution in [3.63, 3.8) is 0 Å². The van der Waals surface area contributed by atoms with Gasteiger partial charge in [0.15, 0.2) is 0 Å². The molecule has 0 aliphatic rings. The van der Waals surface area contributed by atoms with Crippen molar-refractivity contribution in [1.29, 1.82) is 5.41 Å². The number of nitrogens with one attached hydrogen (secondary N) is 1. The van der Waals surface area contributed by atoms with Gasteiger partial charge in [0.25, 0.3) is 0 Å². The van der Waals surface area contributed by atoms with Gasteiger partial charge in [-0.15, -0.1) is 0 Å². The molecule has 0 heterocycles. The zero-order valence-corrected chi connectivity index (χ0v) is 8.06. The van der Waals surface area contributed by atoms with Gasteiger partial charge in [-0.3, -0.25) is 0 Å². The fourth-order valence-electron chi connectivity index (χ4n) is 0.837. The topological polar surface area (TPSA) is 23.9 Å². The summed E-state index contributed by atoms with van der Waals surface area (Å²) < 4.78 is 36.5. The minimum atomic E-state index is -4.34. The molecule has 0 aromatic heterocycles. The summed E-state index contributed by atoms with van der Waals surface area (Å²) in [5.74, 6) is 0. The SMILES string of the molecule is N=C([Se])c1cccc(C(F)(F)F)c1. The van der Waals surface area contributed by atoms with Crippen LogP contribution in [0.1, 0.15) is 11.1 Å². The molecule has 1 radical (unpaired) electrons. The van der Waals surface area contributed by atoms with Gasteiger partial charge in [-0.05, 0) is 0 Å². The van der Waals surface area contributed by atoms with E-state index in [0.29, 0.717) is 0 Å². The van der Waals surface area contributed by atoms with E-state index in [9.17, 15) is 13.2 Å². The van der Waals surface area contributed by atoms with E-state index in [1.54, 1.807) is 0 Å². The maximum atomic E-state index is 12.2. The third-order valence-corrected chi connectivity index (χ3v) is 1.95. The molecular formula is C8H5F3NSe. The van der Waals surface area contributed by atoms with E-state index in [4.69, 9.17) is 5.41 Å². The van der Waals surface area contributed by atoms with Crippen molar-refractivity contribution in [3.8, 4) is 0 Å². The van der Waals surface area contributed by atoms with E-state index < -0.39 is 11.7 Å². The van der Waals surface area contributed by atoms with Gasteiger partial charge >= 0.3 is 80.8 Å². The van der Waals surface area contributed by atoms with E-state index in [1.807, 2.05) is 0 Å². The van der Waals surface area contributed by atoms with Gasteiger partial charge in [-0.1, -0.05) is 0 Å². The van der Waals surface area contributed by atoms with E-state index in [0.717, 1.165) is 12.1 Å². The van der Waals surface area contributed by atoms with Gasteiger partial charge in [-0.2, -0.15) is 0 Å². The van der Waals surface area contributed by atoms with Crippen LogP contribution in [0, 0.1) is 5.41 Å². The molecule has 1 nitrogen and oxygen atoms in total. The first kappa shape index (κ1) is 10.3. The third-order valence-electron chi connectivity index (χ3n) is 1.45. The molecule has 0 atom stereocenters. The first-order valence-corrected chi connectivity index (χ1v) is 4.20. The van der Waals surface area contributed by atoms with Crippen LogP contribution in [0.15, 0.2) is 24.3 Å². The zero-order chi connectivity index (χ0) is 10.1. The average molecular weight is 251 g/mol. The number of benzene rings is 1. The summed E-state index contributed by atoms with van der Waals surface area (Å²) in [7, 11) is 0. The van der Waals surface area contributed by atoms with Gasteiger partial charge in [0.1, 0.15) is 0 Å². The summed E-state index contributed by atoms with van der Waals surface area (Å²) in [6.07, 6.45) is -4.34. The van der Waals surface area contributed by atoms with Gasteiger partial charge < -0.3 is 0 Å². The average Bonchev–Trinajstić information content (AvgIpc) is 2.03. The molecule has 1 aromatic rings. The molecule has 0 saturated heterocycles. The number of hydrogen-bond donors (Lipinski definition) is 1. The third kappa shape index (κ3) is 2.57. The summed E-state index contributed by atoms with van der Waals surface area (Å²) in [6.45, 7) is 0. The molecule has 0 bridgehead atoms. The van der Waals surface area contributed by atoms with Crippen LogP contribution in [-0.2, 0) is 6.18 Å². The second-order valence-corrected chi connectivity index (χ2v) is 3.26. The minimum absolute atomic E-state index is 0.00565. The zero-order valence-electron chi connectivity index (χ0n) is 6.35. The van der Waals surface area contributed by atoms with Crippen LogP contribution in [-0.4, -0.2) is 20.6 Å². The number of halogens is 3. The second kappa shape index (κ2) is 3.52. The molecular weight excluding hydrogens is 246 g/mol. The Morgan fingerprint density at radius 3 is 2.38 bits per heavy atom. The van der Waals surface area contributed by atoms with Crippen LogP contribution in [0.5, 0.6) is 0 Å². The van der Waals surface area contributed by atoms with Crippen LogP contribution in [0.25, 0.3) is 0 Å². The van der Waals surface area contributed by atoms with Gasteiger partial charge in [0.2, 0.25) is 0 Å². The molecule has 0 aliphatic carbocycles. The van der Waals surface area contributed by atoms with Crippen molar-refractivity contribution in [3.05, 3.63) is 35.4 Å². The van der Waals surface area contributed by atoms with Crippen LogP contribution < -0.4 is 0 Å². The van der Waals surface area contributed by atoms with Crippen molar-refractivity contribution in [2.75, 3.05) is 0 Å².